The molecule has 0 unspecified atom stereocenters. The molecular formula is C9H4Cl3NO. The first kappa shape index (κ1) is 9.84. The molecule has 0 bridgehead atoms. The second-order valence-electron chi connectivity index (χ2n) is 2.80. The smallest absolute Gasteiger partial charge is 0.249 e. The maximum atomic E-state index is 11.1. The van der Waals surface area contributed by atoms with Gasteiger partial charge in [0, 0.05) is 11.5 Å². The van der Waals surface area contributed by atoms with Gasteiger partial charge in [-0.2, -0.15) is 0 Å². The highest BCUT2D eigenvalue weighted by Gasteiger charge is 2.05. The standard InChI is InChI=1S/C9H4Cl3NO/c10-6-1-4-2-8(14)13-9(12)5(4)3-7(6)11/h1-3H,(H,13,14). The van der Waals surface area contributed by atoms with Gasteiger partial charge < -0.3 is 4.98 Å². The van der Waals surface area contributed by atoms with Crippen LogP contribution in [0.4, 0.5) is 0 Å². The van der Waals surface area contributed by atoms with E-state index in [0.29, 0.717) is 20.8 Å². The lowest BCUT2D eigenvalue weighted by Gasteiger charge is -2.01. The summed E-state index contributed by atoms with van der Waals surface area (Å²) < 4.78 is 0. The molecule has 0 aliphatic carbocycles. The summed E-state index contributed by atoms with van der Waals surface area (Å²) in [6, 6.07) is 4.65. The number of aromatic amines is 1. The van der Waals surface area contributed by atoms with E-state index in [1.165, 1.54) is 6.07 Å². The Morgan fingerprint density at radius 1 is 1.00 bits per heavy atom. The number of rotatable bonds is 0. The summed E-state index contributed by atoms with van der Waals surface area (Å²) in [6.07, 6.45) is 0. The van der Waals surface area contributed by atoms with Crippen molar-refractivity contribution in [3.05, 3.63) is 43.8 Å². The molecule has 0 aliphatic rings. The van der Waals surface area contributed by atoms with Gasteiger partial charge in [-0.05, 0) is 17.5 Å². The van der Waals surface area contributed by atoms with Gasteiger partial charge in [-0.3, -0.25) is 4.79 Å². The van der Waals surface area contributed by atoms with Crippen molar-refractivity contribution < 1.29 is 0 Å². The molecule has 0 aliphatic heterocycles. The van der Waals surface area contributed by atoms with Crippen LogP contribution in [0.25, 0.3) is 10.8 Å². The molecule has 0 radical (unpaired) electrons. The van der Waals surface area contributed by atoms with Crippen LogP contribution in [0.5, 0.6) is 0 Å². The highest BCUT2D eigenvalue weighted by Crippen LogP contribution is 2.29. The van der Waals surface area contributed by atoms with E-state index in [0.717, 1.165) is 0 Å². The molecule has 1 aromatic heterocycles. The fourth-order valence-corrected chi connectivity index (χ4v) is 1.82. The number of pyridine rings is 1. The molecule has 2 aromatic rings. The van der Waals surface area contributed by atoms with Gasteiger partial charge in [-0.15, -0.1) is 0 Å². The highest BCUT2D eigenvalue weighted by atomic mass is 35.5. The largest absolute Gasteiger partial charge is 0.312 e. The Balaban J connectivity index is 2.96. The Bertz CT molecular complexity index is 562. The normalized spacial score (nSPS) is 10.8. The zero-order chi connectivity index (χ0) is 10.3. The molecule has 0 saturated heterocycles. The van der Waals surface area contributed by atoms with Crippen molar-refractivity contribution in [3.8, 4) is 0 Å². The van der Waals surface area contributed by atoms with E-state index < -0.39 is 0 Å². The van der Waals surface area contributed by atoms with Crippen molar-refractivity contribution in [3.63, 3.8) is 0 Å². The Morgan fingerprint density at radius 2 is 1.64 bits per heavy atom. The van der Waals surface area contributed by atoms with Crippen LogP contribution in [0.3, 0.4) is 0 Å². The third-order valence-electron chi connectivity index (χ3n) is 1.85. The number of H-pyrrole nitrogens is 1. The first-order valence-electron chi connectivity index (χ1n) is 3.75. The van der Waals surface area contributed by atoms with Crippen molar-refractivity contribution >= 4 is 45.6 Å². The van der Waals surface area contributed by atoms with Gasteiger partial charge in [-0.1, -0.05) is 34.8 Å². The second-order valence-corrected chi connectivity index (χ2v) is 3.99. The second kappa shape index (κ2) is 3.46. The Morgan fingerprint density at radius 3 is 2.36 bits per heavy atom. The molecule has 1 N–H and O–H groups in total. The van der Waals surface area contributed by atoms with E-state index in [-0.39, 0.29) is 10.7 Å². The molecule has 1 heterocycles. The molecule has 1 aromatic carbocycles. The third-order valence-corrected chi connectivity index (χ3v) is 2.87. The van der Waals surface area contributed by atoms with Gasteiger partial charge in [0.1, 0.15) is 5.15 Å². The lowest BCUT2D eigenvalue weighted by atomic mass is 10.2. The summed E-state index contributed by atoms with van der Waals surface area (Å²) in [5.41, 5.74) is -0.263. The SMILES string of the molecule is O=c1cc2cc(Cl)c(Cl)cc2c(Cl)[nH]1. The van der Waals surface area contributed by atoms with Crippen molar-refractivity contribution in [2.75, 3.05) is 0 Å². The van der Waals surface area contributed by atoms with Crippen LogP contribution in [0, 0.1) is 0 Å². The van der Waals surface area contributed by atoms with Crippen LogP contribution in [-0.2, 0) is 0 Å². The van der Waals surface area contributed by atoms with Gasteiger partial charge in [-0.25, -0.2) is 0 Å². The van der Waals surface area contributed by atoms with Gasteiger partial charge >= 0.3 is 0 Å². The average Bonchev–Trinajstić information content (AvgIpc) is 2.08. The van der Waals surface area contributed by atoms with E-state index in [2.05, 4.69) is 4.98 Å². The molecule has 5 heteroatoms. The van der Waals surface area contributed by atoms with Gasteiger partial charge in [0.2, 0.25) is 5.56 Å². The number of nitrogens with one attached hydrogen (secondary N) is 1. The van der Waals surface area contributed by atoms with Crippen LogP contribution >= 0.6 is 34.8 Å². The number of halogens is 3. The van der Waals surface area contributed by atoms with Crippen molar-refractivity contribution in [2.45, 2.75) is 0 Å². The molecule has 0 saturated carbocycles. The fourth-order valence-electron chi connectivity index (χ4n) is 1.22. The Labute approximate surface area is 94.4 Å². The number of hydrogen-bond donors (Lipinski definition) is 1. The molecule has 14 heavy (non-hydrogen) atoms. The number of aromatic nitrogens is 1. The molecular weight excluding hydrogens is 244 g/mol. The lowest BCUT2D eigenvalue weighted by Crippen LogP contribution is -2.03. The molecule has 72 valence electrons. The number of hydrogen-bond acceptors (Lipinski definition) is 1. The molecule has 0 amide bonds. The van der Waals surface area contributed by atoms with Gasteiger partial charge in [0.25, 0.3) is 0 Å². The third kappa shape index (κ3) is 1.61. The minimum Gasteiger partial charge on any atom is -0.312 e. The molecule has 2 rings (SSSR count). The summed E-state index contributed by atoms with van der Waals surface area (Å²) >= 11 is 17.5. The summed E-state index contributed by atoms with van der Waals surface area (Å²) in [6.45, 7) is 0. The van der Waals surface area contributed by atoms with E-state index >= 15 is 0 Å². The minimum absolute atomic E-state index is 0.263. The van der Waals surface area contributed by atoms with Crippen molar-refractivity contribution in [1.29, 1.82) is 0 Å². The van der Waals surface area contributed by atoms with Crippen LogP contribution < -0.4 is 5.56 Å². The maximum Gasteiger partial charge on any atom is 0.249 e. The lowest BCUT2D eigenvalue weighted by molar-refractivity contribution is 1.27. The maximum absolute atomic E-state index is 11.1. The number of fused-ring (bicyclic) bond motifs is 1. The quantitative estimate of drug-likeness (QED) is 0.711. The van der Waals surface area contributed by atoms with Gasteiger partial charge in [0.15, 0.2) is 0 Å². The van der Waals surface area contributed by atoms with Crippen LogP contribution in [0.1, 0.15) is 0 Å². The van der Waals surface area contributed by atoms with E-state index in [1.54, 1.807) is 12.1 Å². The fraction of sp³-hybridized carbons (Fsp3) is 0. The summed E-state index contributed by atoms with van der Waals surface area (Å²) in [5, 5.41) is 2.44. The first-order chi connectivity index (χ1) is 6.58. The summed E-state index contributed by atoms with van der Waals surface area (Å²) in [5.74, 6) is 0. The first-order valence-corrected chi connectivity index (χ1v) is 4.89. The van der Waals surface area contributed by atoms with E-state index in [1.807, 2.05) is 0 Å². The van der Waals surface area contributed by atoms with Crippen molar-refractivity contribution in [1.82, 2.24) is 4.98 Å². The number of benzene rings is 1. The average molecular weight is 248 g/mol. The summed E-state index contributed by atoms with van der Waals surface area (Å²) in [4.78, 5) is 13.6. The topological polar surface area (TPSA) is 32.9 Å². The highest BCUT2D eigenvalue weighted by molar-refractivity contribution is 6.43. The predicted octanol–water partition coefficient (Wildman–Crippen LogP) is 3.49. The zero-order valence-electron chi connectivity index (χ0n) is 6.77. The monoisotopic (exact) mass is 247 g/mol. The molecule has 0 fully saturated rings. The van der Waals surface area contributed by atoms with Crippen LogP contribution in [0.2, 0.25) is 15.2 Å². The van der Waals surface area contributed by atoms with Gasteiger partial charge in [0.05, 0.1) is 10.0 Å². The minimum atomic E-state index is -0.263. The Hall–Kier alpha value is -0.700. The van der Waals surface area contributed by atoms with Crippen molar-refractivity contribution in [2.24, 2.45) is 0 Å². The molecule has 0 atom stereocenters. The Kier molecular flexibility index (Phi) is 2.43. The van der Waals surface area contributed by atoms with Crippen LogP contribution in [-0.4, -0.2) is 4.98 Å². The molecule has 2 nitrogen and oxygen atoms in total. The predicted molar refractivity (Wildman–Crippen MR) is 59.6 cm³/mol. The van der Waals surface area contributed by atoms with E-state index in [9.17, 15) is 4.79 Å². The van der Waals surface area contributed by atoms with Crippen LogP contribution in [0.15, 0.2) is 23.0 Å². The molecule has 0 spiro atoms. The summed E-state index contributed by atoms with van der Waals surface area (Å²) in [7, 11) is 0. The van der Waals surface area contributed by atoms with E-state index in [4.69, 9.17) is 34.8 Å². The zero-order valence-corrected chi connectivity index (χ0v) is 9.04.